The highest BCUT2D eigenvalue weighted by atomic mass is 35.5. The van der Waals surface area contributed by atoms with Gasteiger partial charge in [-0.1, -0.05) is 48.0 Å². The molecule has 4 atom stereocenters. The van der Waals surface area contributed by atoms with E-state index in [4.69, 9.17) is 21.6 Å². The SMILES string of the molecule is O=C1[C@H]2[C@@H]3CCCN3C3(c4ccccc4-c4nc5ccccc5nc43)[C@H]2C(=O)N1c1ccc(Cl)cc1. The Bertz CT molecular complexity index is 1620. The first-order valence-corrected chi connectivity index (χ1v) is 12.8. The number of nitrogens with zero attached hydrogens (tertiary/aromatic N) is 4. The molecule has 0 radical (unpaired) electrons. The second kappa shape index (κ2) is 6.99. The maximum absolute atomic E-state index is 14.4. The highest BCUT2D eigenvalue weighted by Crippen LogP contribution is 2.64. The minimum atomic E-state index is -0.817. The first-order chi connectivity index (χ1) is 17.6. The molecule has 7 heteroatoms. The standard InChI is InChI=1S/C29H21ClN4O2/c30-16-11-13-17(14-12-16)34-27(35)23-22-10-5-15-33(22)29(24(23)28(34)36)19-7-2-1-6-18(19)25-26(29)32-21-9-4-3-8-20(21)31-25/h1-4,6-9,11-14,22-24H,5,10,15H2/t22-,23-,24+,29?/m0/s1. The van der Waals surface area contributed by atoms with E-state index in [0.717, 1.165) is 52.9 Å². The maximum Gasteiger partial charge on any atom is 0.240 e. The van der Waals surface area contributed by atoms with Crippen LogP contribution in [-0.4, -0.2) is 39.3 Å². The van der Waals surface area contributed by atoms with Crippen LogP contribution in [0.3, 0.4) is 0 Å². The molecule has 1 aromatic heterocycles. The van der Waals surface area contributed by atoms with E-state index in [1.165, 1.54) is 4.90 Å². The van der Waals surface area contributed by atoms with Gasteiger partial charge in [-0.05, 0) is 61.3 Å². The molecule has 1 spiro atoms. The van der Waals surface area contributed by atoms with Crippen LogP contribution in [0, 0.1) is 11.8 Å². The van der Waals surface area contributed by atoms with Crippen molar-refractivity contribution in [2.45, 2.75) is 24.4 Å². The first kappa shape index (κ1) is 20.6. The highest BCUT2D eigenvalue weighted by molar-refractivity contribution is 6.31. The molecule has 4 aliphatic rings. The number of amides is 2. The molecule has 1 aliphatic carbocycles. The molecule has 2 amide bonds. The lowest BCUT2D eigenvalue weighted by Gasteiger charge is -2.39. The number of benzene rings is 3. The smallest absolute Gasteiger partial charge is 0.240 e. The third-order valence-corrected chi connectivity index (χ3v) is 8.83. The summed E-state index contributed by atoms with van der Waals surface area (Å²) in [6.45, 7) is 0.821. The van der Waals surface area contributed by atoms with Gasteiger partial charge in [0.25, 0.3) is 0 Å². The van der Waals surface area contributed by atoms with Gasteiger partial charge in [-0.15, -0.1) is 0 Å². The number of hydrogen-bond acceptors (Lipinski definition) is 5. The zero-order valence-electron chi connectivity index (χ0n) is 19.3. The van der Waals surface area contributed by atoms with Crippen LogP contribution in [0.4, 0.5) is 5.69 Å². The van der Waals surface area contributed by atoms with E-state index in [9.17, 15) is 9.59 Å². The van der Waals surface area contributed by atoms with Crippen molar-refractivity contribution in [3.8, 4) is 11.3 Å². The number of carbonyl (C=O) groups is 2. The van der Waals surface area contributed by atoms with Crippen LogP contribution in [0.25, 0.3) is 22.3 Å². The predicted molar refractivity (Wildman–Crippen MR) is 136 cm³/mol. The second-order valence-corrected chi connectivity index (χ2v) is 10.6. The molecule has 0 saturated carbocycles. The van der Waals surface area contributed by atoms with Gasteiger partial charge in [0.15, 0.2) is 0 Å². The van der Waals surface area contributed by atoms with E-state index in [2.05, 4.69) is 17.0 Å². The summed E-state index contributed by atoms with van der Waals surface area (Å²) in [6, 6.07) is 23.0. The van der Waals surface area contributed by atoms with Gasteiger partial charge in [-0.3, -0.25) is 14.5 Å². The minimum Gasteiger partial charge on any atom is -0.284 e. The summed E-state index contributed by atoms with van der Waals surface area (Å²) in [5.41, 5.74) is 5.04. The van der Waals surface area contributed by atoms with Crippen molar-refractivity contribution in [1.82, 2.24) is 14.9 Å². The lowest BCUT2D eigenvalue weighted by atomic mass is 9.75. The van der Waals surface area contributed by atoms with Crippen LogP contribution in [0.5, 0.6) is 0 Å². The Labute approximate surface area is 212 Å². The summed E-state index contributed by atoms with van der Waals surface area (Å²) in [7, 11) is 0. The van der Waals surface area contributed by atoms with Gasteiger partial charge in [0, 0.05) is 16.6 Å². The Morgan fingerprint density at radius 1 is 0.861 bits per heavy atom. The molecule has 8 rings (SSSR count). The van der Waals surface area contributed by atoms with Gasteiger partial charge >= 0.3 is 0 Å². The lowest BCUT2D eigenvalue weighted by Crippen LogP contribution is -2.50. The molecule has 1 unspecified atom stereocenters. The third kappa shape index (κ3) is 2.32. The number of fused-ring (bicyclic) bond motifs is 11. The normalized spacial score (nSPS) is 28.1. The molecule has 176 valence electrons. The number of aromatic nitrogens is 2. The fourth-order valence-electron chi connectivity index (χ4n) is 7.35. The Morgan fingerprint density at radius 3 is 2.39 bits per heavy atom. The van der Waals surface area contributed by atoms with Gasteiger partial charge in [0.1, 0.15) is 5.54 Å². The van der Waals surface area contributed by atoms with E-state index in [-0.39, 0.29) is 17.9 Å². The van der Waals surface area contributed by atoms with Gasteiger partial charge in [0.2, 0.25) is 11.8 Å². The summed E-state index contributed by atoms with van der Waals surface area (Å²) in [5.74, 6) is -1.29. The quantitative estimate of drug-likeness (QED) is 0.357. The molecule has 6 nitrogen and oxygen atoms in total. The Hall–Kier alpha value is -3.61. The van der Waals surface area contributed by atoms with Crippen molar-refractivity contribution >= 4 is 40.1 Å². The summed E-state index contributed by atoms with van der Waals surface area (Å²) >= 11 is 6.11. The molecule has 0 N–H and O–H groups in total. The second-order valence-electron chi connectivity index (χ2n) is 10.1. The summed E-state index contributed by atoms with van der Waals surface area (Å²) in [5, 5.41) is 0.567. The minimum absolute atomic E-state index is 0.0176. The third-order valence-electron chi connectivity index (χ3n) is 8.58. The molecular formula is C29H21ClN4O2. The molecule has 36 heavy (non-hydrogen) atoms. The van der Waals surface area contributed by atoms with Crippen LogP contribution in [0.1, 0.15) is 24.1 Å². The molecule has 4 aromatic rings. The van der Waals surface area contributed by atoms with Crippen LogP contribution < -0.4 is 4.90 Å². The van der Waals surface area contributed by atoms with E-state index in [1.807, 2.05) is 36.4 Å². The number of anilines is 1. The van der Waals surface area contributed by atoms with Crippen LogP contribution in [0.2, 0.25) is 5.02 Å². The molecule has 3 saturated heterocycles. The molecule has 0 bridgehead atoms. The van der Waals surface area contributed by atoms with Crippen molar-refractivity contribution in [3.63, 3.8) is 0 Å². The zero-order valence-corrected chi connectivity index (χ0v) is 20.0. The van der Waals surface area contributed by atoms with Crippen molar-refractivity contribution in [2.75, 3.05) is 11.4 Å². The summed E-state index contributed by atoms with van der Waals surface area (Å²) < 4.78 is 0. The molecule has 4 heterocycles. The molecule has 3 aliphatic heterocycles. The summed E-state index contributed by atoms with van der Waals surface area (Å²) in [6.07, 6.45) is 1.87. The van der Waals surface area contributed by atoms with Crippen molar-refractivity contribution < 1.29 is 9.59 Å². The van der Waals surface area contributed by atoms with E-state index >= 15 is 0 Å². The average Bonchev–Trinajstić information content (AvgIpc) is 3.61. The molecule has 3 aromatic carbocycles. The van der Waals surface area contributed by atoms with E-state index in [1.54, 1.807) is 24.3 Å². The fourth-order valence-corrected chi connectivity index (χ4v) is 7.48. The topological polar surface area (TPSA) is 66.4 Å². The fraction of sp³-hybridized carbons (Fsp3) is 0.241. The number of carbonyl (C=O) groups excluding carboxylic acids is 2. The lowest BCUT2D eigenvalue weighted by molar-refractivity contribution is -0.124. The van der Waals surface area contributed by atoms with Crippen molar-refractivity contribution in [3.05, 3.63) is 89.1 Å². The monoisotopic (exact) mass is 492 g/mol. The van der Waals surface area contributed by atoms with E-state index < -0.39 is 17.4 Å². The summed E-state index contributed by atoms with van der Waals surface area (Å²) in [4.78, 5) is 42.4. The average molecular weight is 493 g/mol. The zero-order chi connectivity index (χ0) is 24.2. The van der Waals surface area contributed by atoms with Gasteiger partial charge < -0.3 is 0 Å². The Kier molecular flexibility index (Phi) is 4.00. The van der Waals surface area contributed by atoms with Gasteiger partial charge in [-0.2, -0.15) is 0 Å². The van der Waals surface area contributed by atoms with Gasteiger partial charge in [0.05, 0.1) is 39.9 Å². The van der Waals surface area contributed by atoms with Crippen LogP contribution >= 0.6 is 11.6 Å². The number of hydrogen-bond donors (Lipinski definition) is 0. The first-order valence-electron chi connectivity index (χ1n) is 12.4. The number of para-hydroxylation sites is 2. The Morgan fingerprint density at radius 2 is 1.58 bits per heavy atom. The van der Waals surface area contributed by atoms with E-state index in [0.29, 0.717) is 10.7 Å². The number of rotatable bonds is 1. The largest absolute Gasteiger partial charge is 0.284 e. The maximum atomic E-state index is 14.4. The number of halogens is 1. The highest BCUT2D eigenvalue weighted by Gasteiger charge is 2.73. The van der Waals surface area contributed by atoms with Crippen molar-refractivity contribution in [1.29, 1.82) is 0 Å². The number of imide groups is 1. The van der Waals surface area contributed by atoms with Crippen molar-refractivity contribution in [2.24, 2.45) is 11.8 Å². The predicted octanol–water partition coefficient (Wildman–Crippen LogP) is 4.79. The molecular weight excluding hydrogens is 472 g/mol. The van der Waals surface area contributed by atoms with Gasteiger partial charge in [-0.25, -0.2) is 14.9 Å². The molecule has 3 fully saturated rings. The van der Waals surface area contributed by atoms with Crippen LogP contribution in [-0.2, 0) is 15.1 Å². The Balaban J connectivity index is 1.42. The van der Waals surface area contributed by atoms with Crippen LogP contribution in [0.15, 0.2) is 72.8 Å².